The van der Waals surface area contributed by atoms with Gasteiger partial charge in [-0.2, -0.15) is 0 Å². The number of amides is 2. The quantitative estimate of drug-likeness (QED) is 0.551. The van der Waals surface area contributed by atoms with Crippen LogP contribution in [0.4, 0.5) is 9.59 Å². The van der Waals surface area contributed by atoms with Crippen LogP contribution in [0, 0.1) is 0 Å². The smallest absolute Gasteiger partial charge is 0.410 e. The van der Waals surface area contributed by atoms with E-state index in [1.54, 1.807) is 12.0 Å². The highest BCUT2D eigenvalue weighted by molar-refractivity contribution is 9.10. The zero-order valence-electron chi connectivity index (χ0n) is 19.1. The predicted molar refractivity (Wildman–Crippen MR) is 120 cm³/mol. The number of carbonyl (C=O) groups excluding carboxylic acids is 2. The molecule has 1 aromatic rings. The fraction of sp³-hybridized carbons (Fsp3) is 0.636. The third kappa shape index (κ3) is 10.8. The van der Waals surface area contributed by atoms with Crippen molar-refractivity contribution in [2.45, 2.75) is 71.8 Å². The Morgan fingerprint density at radius 2 is 1.60 bits per heavy atom. The van der Waals surface area contributed by atoms with E-state index in [2.05, 4.69) is 21.2 Å². The first kappa shape index (κ1) is 26.2. The number of rotatable bonds is 8. The lowest BCUT2D eigenvalue weighted by Gasteiger charge is -2.33. The van der Waals surface area contributed by atoms with E-state index in [4.69, 9.17) is 14.2 Å². The highest BCUT2D eigenvalue weighted by Crippen LogP contribution is 2.19. The van der Waals surface area contributed by atoms with E-state index >= 15 is 0 Å². The minimum absolute atomic E-state index is 0.288. The molecule has 0 radical (unpaired) electrons. The van der Waals surface area contributed by atoms with Crippen molar-refractivity contribution in [2.24, 2.45) is 0 Å². The van der Waals surface area contributed by atoms with Crippen LogP contribution in [0.3, 0.4) is 0 Å². The number of alkyl carbamates (subject to hydrolysis) is 1. The average Bonchev–Trinajstić information content (AvgIpc) is 2.57. The first-order chi connectivity index (χ1) is 13.8. The molecule has 1 rings (SSSR count). The molecule has 0 unspecified atom stereocenters. The molecule has 0 bridgehead atoms. The summed E-state index contributed by atoms with van der Waals surface area (Å²) in [6.45, 7) is 11.9. The number of nitrogens with one attached hydrogen (secondary N) is 1. The summed E-state index contributed by atoms with van der Waals surface area (Å²) in [7, 11) is 1.58. The van der Waals surface area contributed by atoms with Gasteiger partial charge in [0.05, 0.1) is 12.6 Å². The molecule has 7 nitrogen and oxygen atoms in total. The fourth-order valence-corrected chi connectivity index (χ4v) is 2.89. The zero-order valence-corrected chi connectivity index (χ0v) is 20.7. The summed E-state index contributed by atoms with van der Waals surface area (Å²) in [4.78, 5) is 26.5. The third-order valence-corrected chi connectivity index (χ3v) is 4.37. The topological polar surface area (TPSA) is 77.1 Å². The number of hydrogen-bond donors (Lipinski definition) is 1. The molecule has 0 heterocycles. The molecular weight excluding hydrogens is 452 g/mol. The Morgan fingerprint density at radius 3 is 2.10 bits per heavy atom. The number of nitrogens with zero attached hydrogens (tertiary/aromatic N) is 1. The lowest BCUT2D eigenvalue weighted by atomic mass is 10.1. The molecule has 8 heteroatoms. The van der Waals surface area contributed by atoms with Crippen molar-refractivity contribution >= 4 is 28.1 Å². The van der Waals surface area contributed by atoms with Gasteiger partial charge in [-0.25, -0.2) is 9.59 Å². The van der Waals surface area contributed by atoms with Gasteiger partial charge in [-0.3, -0.25) is 4.90 Å². The molecule has 0 saturated carbocycles. The van der Waals surface area contributed by atoms with Crippen molar-refractivity contribution in [2.75, 3.05) is 20.3 Å². The summed E-state index contributed by atoms with van der Waals surface area (Å²) in [5, 5.41) is 2.74. The van der Waals surface area contributed by atoms with Crippen LogP contribution in [0.5, 0.6) is 0 Å². The van der Waals surface area contributed by atoms with Gasteiger partial charge in [0.15, 0.2) is 0 Å². The van der Waals surface area contributed by atoms with Gasteiger partial charge in [0.25, 0.3) is 0 Å². The van der Waals surface area contributed by atoms with E-state index < -0.39 is 23.4 Å². The maximum absolute atomic E-state index is 13.0. The standard InChI is InChI=1S/C22H35BrN2O5/c1-21(2,3)29-19(26)24-13-12-18(15-28-7)25(20(27)30-22(4,5)6)14-16-8-10-17(23)11-9-16/h8-11,18H,12-15H2,1-7H3,(H,24,26)/t18-/m1/s1. The fourth-order valence-electron chi connectivity index (χ4n) is 2.63. The molecular formula is C22H35BrN2O5. The Balaban J connectivity index is 2.92. The summed E-state index contributed by atoms with van der Waals surface area (Å²) in [6, 6.07) is 7.47. The van der Waals surface area contributed by atoms with Gasteiger partial charge in [0, 0.05) is 24.7 Å². The number of hydrogen-bond acceptors (Lipinski definition) is 5. The van der Waals surface area contributed by atoms with Crippen molar-refractivity contribution in [1.82, 2.24) is 10.2 Å². The molecule has 0 fully saturated rings. The summed E-state index contributed by atoms with van der Waals surface area (Å²) < 4.78 is 17.2. The van der Waals surface area contributed by atoms with Crippen molar-refractivity contribution < 1.29 is 23.8 Å². The van der Waals surface area contributed by atoms with Gasteiger partial charge in [0.2, 0.25) is 0 Å². The Morgan fingerprint density at radius 1 is 1.03 bits per heavy atom. The molecule has 0 aliphatic carbocycles. The average molecular weight is 487 g/mol. The monoisotopic (exact) mass is 486 g/mol. The molecule has 0 aromatic heterocycles. The molecule has 30 heavy (non-hydrogen) atoms. The van der Waals surface area contributed by atoms with Gasteiger partial charge in [-0.1, -0.05) is 28.1 Å². The van der Waals surface area contributed by atoms with Gasteiger partial charge in [-0.15, -0.1) is 0 Å². The molecule has 1 aromatic carbocycles. The first-order valence-corrected chi connectivity index (χ1v) is 10.8. The predicted octanol–water partition coefficient (Wildman–Crippen LogP) is 5.12. The summed E-state index contributed by atoms with van der Waals surface area (Å²) in [5.41, 5.74) is -0.230. The minimum Gasteiger partial charge on any atom is -0.444 e. The number of carbonyl (C=O) groups is 2. The van der Waals surface area contributed by atoms with Crippen LogP contribution < -0.4 is 5.32 Å². The first-order valence-electron chi connectivity index (χ1n) is 10.0. The molecule has 1 N–H and O–H groups in total. The highest BCUT2D eigenvalue weighted by Gasteiger charge is 2.29. The molecule has 170 valence electrons. The second kappa shape index (κ2) is 11.6. The van der Waals surface area contributed by atoms with E-state index in [1.165, 1.54) is 0 Å². The lowest BCUT2D eigenvalue weighted by Crippen LogP contribution is -2.46. The van der Waals surface area contributed by atoms with Crippen LogP contribution in [0.25, 0.3) is 0 Å². The Bertz CT molecular complexity index is 680. The summed E-state index contributed by atoms with van der Waals surface area (Å²) in [5.74, 6) is 0. The number of methoxy groups -OCH3 is 1. The Labute approximate surface area is 188 Å². The van der Waals surface area contributed by atoms with Crippen LogP contribution in [-0.2, 0) is 20.8 Å². The third-order valence-electron chi connectivity index (χ3n) is 3.84. The summed E-state index contributed by atoms with van der Waals surface area (Å²) in [6.07, 6.45) is -0.428. The molecule has 0 saturated heterocycles. The zero-order chi connectivity index (χ0) is 22.9. The van der Waals surface area contributed by atoms with Crippen LogP contribution in [-0.4, -0.2) is 54.6 Å². The molecule has 0 spiro atoms. The van der Waals surface area contributed by atoms with E-state index in [1.807, 2.05) is 65.8 Å². The number of ether oxygens (including phenoxy) is 3. The van der Waals surface area contributed by atoms with Crippen molar-refractivity contribution in [1.29, 1.82) is 0 Å². The van der Waals surface area contributed by atoms with Crippen LogP contribution in [0.1, 0.15) is 53.5 Å². The molecule has 2 amide bonds. The van der Waals surface area contributed by atoms with Gasteiger partial charge >= 0.3 is 12.2 Å². The van der Waals surface area contributed by atoms with Gasteiger partial charge < -0.3 is 19.5 Å². The number of benzene rings is 1. The molecule has 0 aliphatic heterocycles. The van der Waals surface area contributed by atoms with Crippen molar-refractivity contribution in [3.63, 3.8) is 0 Å². The van der Waals surface area contributed by atoms with Gasteiger partial charge in [0.1, 0.15) is 11.2 Å². The summed E-state index contributed by atoms with van der Waals surface area (Å²) >= 11 is 3.43. The van der Waals surface area contributed by atoms with Crippen LogP contribution in [0.15, 0.2) is 28.7 Å². The van der Waals surface area contributed by atoms with Crippen LogP contribution >= 0.6 is 15.9 Å². The largest absolute Gasteiger partial charge is 0.444 e. The van der Waals surface area contributed by atoms with Crippen molar-refractivity contribution in [3.8, 4) is 0 Å². The van der Waals surface area contributed by atoms with E-state index in [-0.39, 0.29) is 6.04 Å². The van der Waals surface area contributed by atoms with Crippen molar-refractivity contribution in [3.05, 3.63) is 34.3 Å². The Kier molecular flexibility index (Phi) is 10.1. The second-order valence-corrected chi connectivity index (χ2v) is 9.98. The highest BCUT2D eigenvalue weighted by atomic mass is 79.9. The maximum atomic E-state index is 13.0. The van der Waals surface area contributed by atoms with Crippen LogP contribution in [0.2, 0.25) is 0 Å². The molecule has 0 aliphatic rings. The molecule has 1 atom stereocenters. The van der Waals surface area contributed by atoms with E-state index in [9.17, 15) is 9.59 Å². The van der Waals surface area contributed by atoms with E-state index in [0.717, 1.165) is 10.0 Å². The minimum atomic E-state index is -0.624. The lowest BCUT2D eigenvalue weighted by molar-refractivity contribution is 0.00203. The SMILES string of the molecule is COC[C@@H](CCNC(=O)OC(C)(C)C)N(Cc1ccc(Br)cc1)C(=O)OC(C)(C)C. The van der Waals surface area contributed by atoms with E-state index in [0.29, 0.717) is 26.1 Å². The maximum Gasteiger partial charge on any atom is 0.410 e. The number of halogens is 1. The second-order valence-electron chi connectivity index (χ2n) is 9.06. The Hall–Kier alpha value is -1.80. The van der Waals surface area contributed by atoms with Gasteiger partial charge in [-0.05, 0) is 65.7 Å². The normalized spacial score (nSPS) is 12.8.